The van der Waals surface area contributed by atoms with Gasteiger partial charge in [0, 0.05) is 40.5 Å². The van der Waals surface area contributed by atoms with Crippen LogP contribution in [0.2, 0.25) is 0 Å². The van der Waals surface area contributed by atoms with Crippen molar-refractivity contribution < 1.29 is 4.74 Å². The number of pyridine rings is 1. The van der Waals surface area contributed by atoms with E-state index in [-0.39, 0.29) is 10.8 Å². The average Bonchev–Trinajstić information content (AvgIpc) is 3.73. The summed E-state index contributed by atoms with van der Waals surface area (Å²) in [6.45, 7) is 14.2. The zero-order chi connectivity index (χ0) is 37.9. The van der Waals surface area contributed by atoms with Gasteiger partial charge in [-0.2, -0.15) is 0 Å². The third-order valence-electron chi connectivity index (χ3n) is 10.8. The fourth-order valence-corrected chi connectivity index (χ4v) is 7.77. The lowest BCUT2D eigenvalue weighted by Crippen LogP contribution is -2.24. The van der Waals surface area contributed by atoms with Gasteiger partial charge in [0.15, 0.2) is 0 Å². The molecule has 0 saturated heterocycles. The van der Waals surface area contributed by atoms with Crippen LogP contribution in [0.3, 0.4) is 0 Å². The Kier molecular flexibility index (Phi) is 8.27. The highest BCUT2D eigenvalue weighted by atomic mass is 16.5. The first kappa shape index (κ1) is 34.4. The first-order chi connectivity index (χ1) is 26.5. The van der Waals surface area contributed by atoms with E-state index in [1.54, 1.807) is 0 Å². The number of ether oxygens (including phenoxy) is 1. The van der Waals surface area contributed by atoms with Crippen molar-refractivity contribution in [1.29, 1.82) is 0 Å². The van der Waals surface area contributed by atoms with Gasteiger partial charge in [-0.1, -0.05) is 114 Å². The van der Waals surface area contributed by atoms with Crippen molar-refractivity contribution in [1.82, 2.24) is 9.55 Å². The molecule has 5 heteroatoms. The average molecular weight is 719 g/mol. The Bertz CT molecular complexity index is 2700. The Morgan fingerprint density at radius 2 is 1.15 bits per heavy atom. The minimum atomic E-state index is 0.00367. The summed E-state index contributed by atoms with van der Waals surface area (Å²) in [4.78, 5) is 9.68. The van der Waals surface area contributed by atoms with Gasteiger partial charge in [-0.25, -0.2) is 4.98 Å². The topological polar surface area (TPSA) is 33.5 Å². The molecule has 272 valence electrons. The molecular weight excluding hydrogens is 673 g/mol. The molecule has 55 heavy (non-hydrogen) atoms. The van der Waals surface area contributed by atoms with Crippen LogP contribution in [0.25, 0.3) is 38.8 Å². The van der Waals surface area contributed by atoms with Crippen LogP contribution in [-0.2, 0) is 10.8 Å². The van der Waals surface area contributed by atoms with Crippen LogP contribution in [0, 0.1) is 0 Å². The van der Waals surface area contributed by atoms with Gasteiger partial charge in [-0.15, -0.1) is 0 Å². The fraction of sp³-hybridized carbons (Fsp3) is 0.180. The van der Waals surface area contributed by atoms with E-state index in [0.29, 0.717) is 6.67 Å². The van der Waals surface area contributed by atoms with Crippen molar-refractivity contribution in [3.8, 4) is 28.4 Å². The normalized spacial score (nSPS) is 13.1. The van der Waals surface area contributed by atoms with Crippen molar-refractivity contribution in [3.63, 3.8) is 0 Å². The molecule has 0 spiro atoms. The molecule has 5 nitrogen and oxygen atoms in total. The van der Waals surface area contributed by atoms with E-state index < -0.39 is 0 Å². The quantitative estimate of drug-likeness (QED) is 0.171. The predicted octanol–water partition coefficient (Wildman–Crippen LogP) is 13.5. The minimum Gasteiger partial charge on any atom is -0.457 e. The van der Waals surface area contributed by atoms with E-state index in [1.165, 1.54) is 44.4 Å². The number of rotatable bonds is 6. The molecule has 8 aromatic rings. The molecule has 0 radical (unpaired) electrons. The molecule has 0 unspecified atom stereocenters. The molecule has 0 amide bonds. The van der Waals surface area contributed by atoms with Gasteiger partial charge in [0.2, 0.25) is 0 Å². The monoisotopic (exact) mass is 718 g/mol. The van der Waals surface area contributed by atoms with Crippen molar-refractivity contribution in [3.05, 3.63) is 169 Å². The first-order valence-corrected chi connectivity index (χ1v) is 19.1. The summed E-state index contributed by atoms with van der Waals surface area (Å²) in [7, 11) is 0. The van der Waals surface area contributed by atoms with Crippen molar-refractivity contribution >= 4 is 44.6 Å². The van der Waals surface area contributed by atoms with Crippen LogP contribution in [0.4, 0.5) is 22.7 Å². The highest BCUT2D eigenvalue weighted by molar-refractivity contribution is 6.09. The van der Waals surface area contributed by atoms with Crippen molar-refractivity contribution in [2.45, 2.75) is 52.4 Å². The number of anilines is 4. The highest BCUT2D eigenvalue weighted by Crippen LogP contribution is 2.47. The molecule has 0 saturated carbocycles. The second-order valence-electron chi connectivity index (χ2n) is 16.7. The molecule has 6 aromatic carbocycles. The number of benzene rings is 6. The van der Waals surface area contributed by atoms with E-state index >= 15 is 0 Å². The van der Waals surface area contributed by atoms with Crippen molar-refractivity contribution in [2.24, 2.45) is 0 Å². The lowest BCUT2D eigenvalue weighted by Gasteiger charge is -2.23. The summed E-state index contributed by atoms with van der Waals surface area (Å²) in [5, 5.41) is 2.36. The van der Waals surface area contributed by atoms with Crippen LogP contribution in [0.1, 0.15) is 52.7 Å². The predicted molar refractivity (Wildman–Crippen MR) is 230 cm³/mol. The SMILES string of the molecule is CC(C)(C)c1ccnc(-n2c3ccccc3c3ccc(Oc4cccc(N5CN(c6cccc(-c7ccccc7)c6)c6cc(C(C)(C)C)ccc65)c4)cc32)c1. The summed E-state index contributed by atoms with van der Waals surface area (Å²) in [5.74, 6) is 2.46. The summed E-state index contributed by atoms with van der Waals surface area (Å²) >= 11 is 0. The summed E-state index contributed by atoms with van der Waals surface area (Å²) in [6.07, 6.45) is 1.92. The van der Waals surface area contributed by atoms with Gasteiger partial charge >= 0.3 is 0 Å². The molecule has 1 aliphatic rings. The Morgan fingerprint density at radius 1 is 0.491 bits per heavy atom. The van der Waals surface area contributed by atoms with E-state index in [2.05, 4.69) is 202 Å². The van der Waals surface area contributed by atoms with Crippen LogP contribution < -0.4 is 14.5 Å². The van der Waals surface area contributed by atoms with Gasteiger partial charge in [-0.05, 0) is 99.8 Å². The number of hydrogen-bond acceptors (Lipinski definition) is 4. The molecule has 0 N–H and O–H groups in total. The number of para-hydroxylation sites is 1. The second kappa shape index (κ2) is 13.2. The van der Waals surface area contributed by atoms with Gasteiger partial charge in [0.1, 0.15) is 24.0 Å². The molecule has 0 fully saturated rings. The third kappa shape index (κ3) is 6.40. The molecule has 0 aliphatic carbocycles. The highest BCUT2D eigenvalue weighted by Gasteiger charge is 2.30. The molecule has 3 heterocycles. The maximum Gasteiger partial charge on any atom is 0.137 e. The van der Waals surface area contributed by atoms with Crippen molar-refractivity contribution in [2.75, 3.05) is 16.5 Å². The van der Waals surface area contributed by atoms with Gasteiger partial charge in [-0.3, -0.25) is 4.57 Å². The maximum absolute atomic E-state index is 6.71. The Labute approximate surface area is 324 Å². The lowest BCUT2D eigenvalue weighted by atomic mass is 9.86. The standard InChI is InChI=1S/C50H46N4O/c1-49(2,3)36-22-25-45-47(29-36)53(38-17-12-16-35(28-38)34-14-8-7-9-15-34)33-52(45)39-18-13-19-40(31-39)55-41-23-24-43-42-20-10-11-21-44(42)54(46(43)32-41)48-30-37(26-27-51-48)50(4,5)6/h7-32H,33H2,1-6H3. The van der Waals surface area contributed by atoms with Crippen LogP contribution in [0.5, 0.6) is 11.5 Å². The molecular formula is C50H46N4O. The lowest BCUT2D eigenvalue weighted by molar-refractivity contribution is 0.483. The van der Waals surface area contributed by atoms with E-state index in [0.717, 1.165) is 39.7 Å². The minimum absolute atomic E-state index is 0.00367. The second-order valence-corrected chi connectivity index (χ2v) is 16.7. The molecule has 2 aromatic heterocycles. The summed E-state index contributed by atoms with van der Waals surface area (Å²) in [5.41, 5.74) is 11.8. The number of aromatic nitrogens is 2. The van der Waals surface area contributed by atoms with Crippen LogP contribution >= 0.6 is 0 Å². The summed E-state index contributed by atoms with van der Waals surface area (Å²) < 4.78 is 8.97. The third-order valence-corrected chi connectivity index (χ3v) is 10.8. The van der Waals surface area contributed by atoms with Crippen LogP contribution in [0.15, 0.2) is 158 Å². The maximum atomic E-state index is 6.71. The van der Waals surface area contributed by atoms with Crippen LogP contribution in [-0.4, -0.2) is 16.2 Å². The van der Waals surface area contributed by atoms with E-state index in [1.807, 2.05) is 12.3 Å². The molecule has 0 atom stereocenters. The smallest absolute Gasteiger partial charge is 0.137 e. The Hall–Kier alpha value is -6.33. The van der Waals surface area contributed by atoms with E-state index in [9.17, 15) is 0 Å². The van der Waals surface area contributed by atoms with Gasteiger partial charge in [0.05, 0.1) is 22.4 Å². The number of fused-ring (bicyclic) bond motifs is 4. The van der Waals surface area contributed by atoms with Gasteiger partial charge < -0.3 is 14.5 Å². The Balaban J connectivity index is 1.08. The number of nitrogens with zero attached hydrogens (tertiary/aromatic N) is 4. The first-order valence-electron chi connectivity index (χ1n) is 19.1. The van der Waals surface area contributed by atoms with E-state index in [4.69, 9.17) is 9.72 Å². The largest absolute Gasteiger partial charge is 0.457 e. The van der Waals surface area contributed by atoms with Gasteiger partial charge in [0.25, 0.3) is 0 Å². The number of hydrogen-bond donors (Lipinski definition) is 0. The molecule has 9 rings (SSSR count). The summed E-state index contributed by atoms with van der Waals surface area (Å²) in [6, 6.07) is 54.1. The Morgan fingerprint density at radius 3 is 1.95 bits per heavy atom. The molecule has 1 aliphatic heterocycles. The molecule has 0 bridgehead atoms. The zero-order valence-corrected chi connectivity index (χ0v) is 32.4. The zero-order valence-electron chi connectivity index (χ0n) is 32.4. The fourth-order valence-electron chi connectivity index (χ4n) is 7.77.